The van der Waals surface area contributed by atoms with Crippen molar-refractivity contribution in [3.05, 3.63) is 71.3 Å². The van der Waals surface area contributed by atoms with Gasteiger partial charge in [-0.1, -0.05) is 42.5 Å². The second-order valence-corrected chi connectivity index (χ2v) is 6.83. The number of aliphatic hydroxyl groups is 1. The molecule has 3 nitrogen and oxygen atoms in total. The number of β-amino-alcohol motifs (C(OH)–C–C–N with tert-alkyl or cyclic N) is 1. The standard InChI is InChI=1S/C18H16F3NO2S/c19-18(20,21)14-8-4-7-13(9-14)17-22(16(24)11-25-17)10-15(23)12-5-2-1-3-6-12/h1-9,15,17,23H,10-11H2/t15-,17+/m0/s1. The molecule has 1 aliphatic rings. The number of hydrogen-bond donors (Lipinski definition) is 1. The highest BCUT2D eigenvalue weighted by atomic mass is 32.2. The summed E-state index contributed by atoms with van der Waals surface area (Å²) in [6.45, 7) is 0.0385. The van der Waals surface area contributed by atoms with Gasteiger partial charge in [-0.05, 0) is 23.3 Å². The summed E-state index contributed by atoms with van der Waals surface area (Å²) >= 11 is 1.27. The zero-order valence-electron chi connectivity index (χ0n) is 13.1. The molecule has 2 aromatic carbocycles. The maximum atomic E-state index is 12.9. The van der Waals surface area contributed by atoms with Gasteiger partial charge in [0.05, 0.1) is 24.0 Å². The van der Waals surface area contributed by atoms with Crippen LogP contribution in [-0.2, 0) is 11.0 Å². The number of carbonyl (C=O) groups excluding carboxylic acids is 1. The van der Waals surface area contributed by atoms with Gasteiger partial charge in [-0.2, -0.15) is 13.2 Å². The monoisotopic (exact) mass is 367 g/mol. The van der Waals surface area contributed by atoms with Crippen LogP contribution in [0.1, 0.15) is 28.2 Å². The maximum absolute atomic E-state index is 12.9. The van der Waals surface area contributed by atoms with E-state index in [1.54, 1.807) is 30.3 Å². The fourth-order valence-corrected chi connectivity index (χ4v) is 3.95. The van der Waals surface area contributed by atoms with Gasteiger partial charge in [0.25, 0.3) is 0 Å². The number of alkyl halides is 3. The Balaban J connectivity index is 1.83. The molecule has 0 unspecified atom stereocenters. The molecule has 0 spiro atoms. The number of nitrogens with zero attached hydrogens (tertiary/aromatic N) is 1. The van der Waals surface area contributed by atoms with E-state index in [2.05, 4.69) is 0 Å². The molecule has 7 heteroatoms. The summed E-state index contributed by atoms with van der Waals surface area (Å²) < 4.78 is 38.8. The average molecular weight is 367 g/mol. The number of halogens is 3. The molecule has 1 amide bonds. The first kappa shape index (κ1) is 17.8. The van der Waals surface area contributed by atoms with Gasteiger partial charge in [-0.15, -0.1) is 11.8 Å². The normalized spacial score (nSPS) is 19.3. The number of amides is 1. The zero-order chi connectivity index (χ0) is 18.0. The first-order chi connectivity index (χ1) is 11.9. The lowest BCUT2D eigenvalue weighted by Crippen LogP contribution is -2.32. The fourth-order valence-electron chi connectivity index (χ4n) is 2.76. The third kappa shape index (κ3) is 3.99. The lowest BCUT2D eigenvalue weighted by atomic mass is 10.1. The van der Waals surface area contributed by atoms with Gasteiger partial charge in [0.1, 0.15) is 5.37 Å². The van der Waals surface area contributed by atoms with Crippen molar-refractivity contribution in [1.29, 1.82) is 0 Å². The predicted molar refractivity (Wildman–Crippen MR) is 89.8 cm³/mol. The number of aliphatic hydroxyl groups excluding tert-OH is 1. The van der Waals surface area contributed by atoms with Gasteiger partial charge in [-0.3, -0.25) is 4.79 Å². The predicted octanol–water partition coefficient (Wildman–Crippen LogP) is 4.01. The number of benzene rings is 2. The topological polar surface area (TPSA) is 40.5 Å². The molecule has 1 saturated heterocycles. The van der Waals surface area contributed by atoms with Crippen LogP contribution < -0.4 is 0 Å². The van der Waals surface area contributed by atoms with Crippen LogP contribution in [-0.4, -0.2) is 28.2 Å². The molecule has 0 radical (unpaired) electrons. The van der Waals surface area contributed by atoms with E-state index in [1.807, 2.05) is 6.07 Å². The summed E-state index contributed by atoms with van der Waals surface area (Å²) in [6.07, 6.45) is -5.32. The Morgan fingerprint density at radius 2 is 1.88 bits per heavy atom. The first-order valence-corrected chi connectivity index (χ1v) is 8.72. The Morgan fingerprint density at radius 3 is 2.56 bits per heavy atom. The van der Waals surface area contributed by atoms with Crippen molar-refractivity contribution in [1.82, 2.24) is 4.90 Å². The minimum atomic E-state index is -4.43. The van der Waals surface area contributed by atoms with Gasteiger partial charge >= 0.3 is 6.18 Å². The molecular weight excluding hydrogens is 351 g/mol. The van der Waals surface area contributed by atoms with E-state index in [-0.39, 0.29) is 18.2 Å². The molecule has 0 aromatic heterocycles. The van der Waals surface area contributed by atoms with Crippen molar-refractivity contribution in [3.8, 4) is 0 Å². The Bertz CT molecular complexity index is 751. The lowest BCUT2D eigenvalue weighted by Gasteiger charge is -2.27. The van der Waals surface area contributed by atoms with E-state index in [9.17, 15) is 23.1 Å². The summed E-state index contributed by atoms with van der Waals surface area (Å²) in [5.74, 6) is -0.00927. The van der Waals surface area contributed by atoms with Gasteiger partial charge in [0.2, 0.25) is 5.91 Å². The largest absolute Gasteiger partial charge is 0.416 e. The minimum absolute atomic E-state index is 0.0385. The highest BCUT2D eigenvalue weighted by Gasteiger charge is 2.36. The van der Waals surface area contributed by atoms with Crippen LogP contribution in [0.15, 0.2) is 54.6 Å². The van der Waals surface area contributed by atoms with Crippen LogP contribution in [0, 0.1) is 0 Å². The molecule has 1 N–H and O–H groups in total. The molecule has 3 rings (SSSR count). The summed E-state index contributed by atoms with van der Waals surface area (Å²) in [7, 11) is 0. The summed E-state index contributed by atoms with van der Waals surface area (Å²) in [5.41, 5.74) is 0.328. The van der Waals surface area contributed by atoms with E-state index in [0.717, 1.165) is 12.1 Å². The molecule has 2 aromatic rings. The highest BCUT2D eigenvalue weighted by molar-refractivity contribution is 8.00. The van der Waals surface area contributed by atoms with E-state index in [4.69, 9.17) is 0 Å². The van der Waals surface area contributed by atoms with Crippen molar-refractivity contribution in [2.45, 2.75) is 17.7 Å². The molecule has 25 heavy (non-hydrogen) atoms. The number of thioether (sulfide) groups is 1. The molecule has 1 fully saturated rings. The van der Waals surface area contributed by atoms with E-state index >= 15 is 0 Å². The first-order valence-electron chi connectivity index (χ1n) is 7.67. The Hall–Kier alpha value is -1.99. The van der Waals surface area contributed by atoms with E-state index in [0.29, 0.717) is 11.1 Å². The van der Waals surface area contributed by atoms with Crippen LogP contribution in [0.4, 0.5) is 13.2 Å². The van der Waals surface area contributed by atoms with Gasteiger partial charge in [0.15, 0.2) is 0 Å². The zero-order valence-corrected chi connectivity index (χ0v) is 13.9. The number of rotatable bonds is 4. The fraction of sp³-hybridized carbons (Fsp3) is 0.278. The third-order valence-corrected chi connectivity index (χ3v) is 5.28. The summed E-state index contributed by atoms with van der Waals surface area (Å²) in [5, 5.41) is 9.83. The molecule has 0 bridgehead atoms. The second-order valence-electron chi connectivity index (χ2n) is 5.76. The van der Waals surface area contributed by atoms with Crippen molar-refractivity contribution < 1.29 is 23.1 Å². The average Bonchev–Trinajstić information content (AvgIpc) is 2.96. The molecular formula is C18H16F3NO2S. The minimum Gasteiger partial charge on any atom is -0.387 e. The van der Waals surface area contributed by atoms with Crippen molar-refractivity contribution in [2.75, 3.05) is 12.3 Å². The van der Waals surface area contributed by atoms with Crippen molar-refractivity contribution in [3.63, 3.8) is 0 Å². The van der Waals surface area contributed by atoms with Crippen LogP contribution in [0.5, 0.6) is 0 Å². The Kier molecular flexibility index (Phi) is 5.06. The molecule has 2 atom stereocenters. The molecule has 1 heterocycles. The SMILES string of the molecule is O=C1CS[C@H](c2cccc(C(F)(F)F)c2)N1C[C@H](O)c1ccccc1. The summed E-state index contributed by atoms with van der Waals surface area (Å²) in [6, 6.07) is 13.9. The van der Waals surface area contributed by atoms with Gasteiger partial charge < -0.3 is 10.0 Å². The van der Waals surface area contributed by atoms with E-state index < -0.39 is 23.2 Å². The second kappa shape index (κ2) is 7.09. The summed E-state index contributed by atoms with van der Waals surface area (Å²) in [4.78, 5) is 13.6. The third-order valence-electron chi connectivity index (χ3n) is 4.02. The molecule has 132 valence electrons. The van der Waals surface area contributed by atoms with Crippen LogP contribution in [0.2, 0.25) is 0 Å². The number of carbonyl (C=O) groups is 1. The molecule has 0 saturated carbocycles. The van der Waals surface area contributed by atoms with Crippen LogP contribution in [0.3, 0.4) is 0 Å². The lowest BCUT2D eigenvalue weighted by molar-refractivity contribution is -0.137. The molecule has 0 aliphatic carbocycles. The maximum Gasteiger partial charge on any atom is 0.416 e. The van der Waals surface area contributed by atoms with Gasteiger partial charge in [0, 0.05) is 0 Å². The van der Waals surface area contributed by atoms with Gasteiger partial charge in [-0.25, -0.2) is 0 Å². The molecule has 1 aliphatic heterocycles. The van der Waals surface area contributed by atoms with Crippen LogP contribution >= 0.6 is 11.8 Å². The van der Waals surface area contributed by atoms with Crippen molar-refractivity contribution in [2.24, 2.45) is 0 Å². The smallest absolute Gasteiger partial charge is 0.387 e. The highest BCUT2D eigenvalue weighted by Crippen LogP contribution is 2.41. The number of hydrogen-bond acceptors (Lipinski definition) is 3. The Labute approximate surface area is 147 Å². The Morgan fingerprint density at radius 1 is 1.16 bits per heavy atom. The quantitative estimate of drug-likeness (QED) is 0.888. The van der Waals surface area contributed by atoms with Crippen LogP contribution in [0.25, 0.3) is 0 Å². The van der Waals surface area contributed by atoms with E-state index in [1.165, 1.54) is 22.7 Å². The van der Waals surface area contributed by atoms with Crippen molar-refractivity contribution >= 4 is 17.7 Å².